The zero-order chi connectivity index (χ0) is 12.0. The fourth-order valence-electron chi connectivity index (χ4n) is 1.44. The maximum Gasteiger partial charge on any atom is 0.135 e. The van der Waals surface area contributed by atoms with E-state index in [2.05, 4.69) is 16.8 Å². The van der Waals surface area contributed by atoms with E-state index in [1.165, 1.54) is 0 Å². The van der Waals surface area contributed by atoms with E-state index in [9.17, 15) is 0 Å². The Balaban J connectivity index is 2.62. The second-order valence-corrected chi connectivity index (χ2v) is 4.28. The summed E-state index contributed by atoms with van der Waals surface area (Å²) in [5.74, 6) is 0. The summed E-state index contributed by atoms with van der Waals surface area (Å²) < 4.78 is 0. The van der Waals surface area contributed by atoms with Gasteiger partial charge < -0.3 is 5.11 Å². The first-order valence-electron chi connectivity index (χ1n) is 5.31. The minimum atomic E-state index is 0.211. The molecule has 1 N–H and O–H groups in total. The number of pyridine rings is 1. The summed E-state index contributed by atoms with van der Waals surface area (Å²) >= 11 is 11.7. The van der Waals surface area contributed by atoms with Crippen molar-refractivity contribution in [3.05, 3.63) is 28.0 Å². The second kappa shape index (κ2) is 7.07. The summed E-state index contributed by atoms with van der Waals surface area (Å²) in [6, 6.07) is 3.63. The lowest BCUT2D eigenvalue weighted by Gasteiger charge is -2.20. The lowest BCUT2D eigenvalue weighted by Crippen LogP contribution is -2.24. The summed E-state index contributed by atoms with van der Waals surface area (Å²) in [7, 11) is 0. The number of rotatable bonds is 6. The Morgan fingerprint density at radius 3 is 2.69 bits per heavy atom. The quantitative estimate of drug-likeness (QED) is 0.801. The highest BCUT2D eigenvalue weighted by molar-refractivity contribution is 6.32. The fourth-order valence-corrected chi connectivity index (χ4v) is 1.85. The number of hydrogen-bond donors (Lipinski definition) is 1. The molecule has 90 valence electrons. The van der Waals surface area contributed by atoms with Gasteiger partial charge in [0.1, 0.15) is 10.3 Å². The summed E-state index contributed by atoms with van der Waals surface area (Å²) in [6.07, 6.45) is 0.770. The predicted molar refractivity (Wildman–Crippen MR) is 66.9 cm³/mol. The summed E-state index contributed by atoms with van der Waals surface area (Å²) in [5, 5.41) is 9.65. The molecule has 0 aliphatic carbocycles. The number of halogens is 2. The lowest BCUT2D eigenvalue weighted by atomic mass is 10.2. The zero-order valence-corrected chi connectivity index (χ0v) is 10.8. The van der Waals surface area contributed by atoms with Crippen molar-refractivity contribution >= 4 is 23.2 Å². The monoisotopic (exact) mass is 262 g/mol. The van der Waals surface area contributed by atoms with E-state index in [4.69, 9.17) is 28.3 Å². The van der Waals surface area contributed by atoms with Gasteiger partial charge in [-0.2, -0.15) is 0 Å². The average molecular weight is 263 g/mol. The van der Waals surface area contributed by atoms with Crippen LogP contribution in [0, 0.1) is 0 Å². The average Bonchev–Trinajstić information content (AvgIpc) is 2.27. The Morgan fingerprint density at radius 2 is 2.12 bits per heavy atom. The van der Waals surface area contributed by atoms with Crippen LogP contribution in [0.4, 0.5) is 0 Å². The molecule has 0 bridgehead atoms. The Hall–Kier alpha value is -0.350. The van der Waals surface area contributed by atoms with Crippen LogP contribution in [0.2, 0.25) is 10.3 Å². The van der Waals surface area contributed by atoms with Gasteiger partial charge in [-0.15, -0.1) is 0 Å². The number of hydrogen-bond acceptors (Lipinski definition) is 3. The first-order valence-corrected chi connectivity index (χ1v) is 6.07. The van der Waals surface area contributed by atoms with E-state index in [1.54, 1.807) is 6.07 Å². The molecular formula is C11H16Cl2N2O. The molecule has 0 atom stereocenters. The van der Waals surface area contributed by atoms with Gasteiger partial charge in [0, 0.05) is 25.3 Å². The van der Waals surface area contributed by atoms with Gasteiger partial charge in [-0.1, -0.05) is 36.2 Å². The standard InChI is InChI=1S/C11H16Cl2N2O/c1-2-15(6-3-7-16)8-9-4-5-10(12)14-11(9)13/h4-5,16H,2-3,6-8H2,1H3. The van der Waals surface area contributed by atoms with Crippen molar-refractivity contribution in [3.63, 3.8) is 0 Å². The molecule has 0 unspecified atom stereocenters. The molecule has 3 nitrogen and oxygen atoms in total. The van der Waals surface area contributed by atoms with E-state index in [0.29, 0.717) is 10.3 Å². The highest BCUT2D eigenvalue weighted by atomic mass is 35.5. The summed E-state index contributed by atoms with van der Waals surface area (Å²) in [5.41, 5.74) is 0.964. The molecule has 1 aromatic heterocycles. The van der Waals surface area contributed by atoms with Crippen LogP contribution in [0.15, 0.2) is 12.1 Å². The highest BCUT2D eigenvalue weighted by Crippen LogP contribution is 2.18. The Morgan fingerprint density at radius 1 is 1.38 bits per heavy atom. The zero-order valence-electron chi connectivity index (χ0n) is 9.29. The molecule has 0 fully saturated rings. The van der Waals surface area contributed by atoms with Crippen LogP contribution in [0.3, 0.4) is 0 Å². The van der Waals surface area contributed by atoms with Gasteiger partial charge in [-0.05, 0) is 19.0 Å². The molecule has 0 aliphatic rings. The van der Waals surface area contributed by atoms with E-state index in [0.717, 1.165) is 31.6 Å². The molecule has 16 heavy (non-hydrogen) atoms. The molecule has 0 amide bonds. The van der Waals surface area contributed by atoms with E-state index < -0.39 is 0 Å². The Labute approximate surface area is 106 Å². The molecule has 1 rings (SSSR count). The molecule has 0 aromatic carbocycles. The maximum atomic E-state index is 8.79. The molecule has 0 saturated carbocycles. The van der Waals surface area contributed by atoms with Crippen molar-refractivity contribution in [1.82, 2.24) is 9.88 Å². The Kier molecular flexibility index (Phi) is 6.06. The van der Waals surface area contributed by atoms with Gasteiger partial charge in [-0.3, -0.25) is 4.90 Å². The van der Waals surface area contributed by atoms with Crippen molar-refractivity contribution in [2.45, 2.75) is 19.9 Å². The summed E-state index contributed by atoms with van der Waals surface area (Å²) in [4.78, 5) is 6.20. The van der Waals surface area contributed by atoms with Gasteiger partial charge in [0.2, 0.25) is 0 Å². The molecule has 1 heterocycles. The number of aliphatic hydroxyl groups excluding tert-OH is 1. The van der Waals surface area contributed by atoms with Crippen LogP contribution in [0.5, 0.6) is 0 Å². The van der Waals surface area contributed by atoms with Crippen LogP contribution >= 0.6 is 23.2 Å². The van der Waals surface area contributed by atoms with Crippen LogP contribution in [-0.2, 0) is 6.54 Å². The van der Waals surface area contributed by atoms with Crippen molar-refractivity contribution in [3.8, 4) is 0 Å². The van der Waals surface area contributed by atoms with Crippen molar-refractivity contribution in [1.29, 1.82) is 0 Å². The molecule has 1 aromatic rings. The first-order chi connectivity index (χ1) is 7.67. The van der Waals surface area contributed by atoms with Crippen LogP contribution in [0.1, 0.15) is 18.9 Å². The third-order valence-electron chi connectivity index (χ3n) is 2.37. The maximum absolute atomic E-state index is 8.79. The summed E-state index contributed by atoms with van der Waals surface area (Å²) in [6.45, 7) is 4.79. The topological polar surface area (TPSA) is 36.4 Å². The normalized spacial score (nSPS) is 11.1. The number of nitrogens with zero attached hydrogens (tertiary/aromatic N) is 2. The van der Waals surface area contributed by atoms with Gasteiger partial charge in [-0.25, -0.2) is 4.98 Å². The Bertz CT molecular complexity index is 334. The number of aromatic nitrogens is 1. The van der Waals surface area contributed by atoms with Gasteiger partial charge >= 0.3 is 0 Å². The SMILES string of the molecule is CCN(CCCO)Cc1ccc(Cl)nc1Cl. The smallest absolute Gasteiger partial charge is 0.135 e. The lowest BCUT2D eigenvalue weighted by molar-refractivity contribution is 0.225. The predicted octanol–water partition coefficient (Wildman–Crippen LogP) is 2.59. The third-order valence-corrected chi connectivity index (χ3v) is 2.90. The van der Waals surface area contributed by atoms with Crippen molar-refractivity contribution < 1.29 is 5.11 Å². The van der Waals surface area contributed by atoms with Gasteiger partial charge in [0.05, 0.1) is 0 Å². The van der Waals surface area contributed by atoms with Crippen molar-refractivity contribution in [2.75, 3.05) is 19.7 Å². The van der Waals surface area contributed by atoms with Gasteiger partial charge in [0.25, 0.3) is 0 Å². The van der Waals surface area contributed by atoms with Gasteiger partial charge in [0.15, 0.2) is 0 Å². The molecule has 0 radical (unpaired) electrons. The molecule has 0 spiro atoms. The van der Waals surface area contributed by atoms with Crippen LogP contribution in [-0.4, -0.2) is 34.7 Å². The second-order valence-electron chi connectivity index (χ2n) is 3.53. The van der Waals surface area contributed by atoms with E-state index >= 15 is 0 Å². The van der Waals surface area contributed by atoms with E-state index in [1.807, 2.05) is 6.07 Å². The van der Waals surface area contributed by atoms with E-state index in [-0.39, 0.29) is 6.61 Å². The number of aliphatic hydroxyl groups is 1. The third kappa shape index (κ3) is 4.26. The minimum absolute atomic E-state index is 0.211. The molecule has 5 heteroatoms. The van der Waals surface area contributed by atoms with Crippen LogP contribution < -0.4 is 0 Å². The first kappa shape index (κ1) is 13.7. The highest BCUT2D eigenvalue weighted by Gasteiger charge is 2.07. The minimum Gasteiger partial charge on any atom is -0.396 e. The van der Waals surface area contributed by atoms with Crippen molar-refractivity contribution in [2.24, 2.45) is 0 Å². The molecule has 0 saturated heterocycles. The molecular weight excluding hydrogens is 247 g/mol. The largest absolute Gasteiger partial charge is 0.396 e. The fraction of sp³-hybridized carbons (Fsp3) is 0.545. The molecule has 0 aliphatic heterocycles. The van der Waals surface area contributed by atoms with Crippen LogP contribution in [0.25, 0.3) is 0 Å².